The van der Waals surface area contributed by atoms with Crippen LogP contribution in [0, 0.1) is 6.92 Å². The van der Waals surface area contributed by atoms with E-state index in [0.717, 1.165) is 37.0 Å². The van der Waals surface area contributed by atoms with E-state index < -0.39 is 23.7 Å². The summed E-state index contributed by atoms with van der Waals surface area (Å²) in [6, 6.07) is 12.8. The van der Waals surface area contributed by atoms with Gasteiger partial charge in [-0.15, -0.1) is 0 Å². The summed E-state index contributed by atoms with van der Waals surface area (Å²) in [6.45, 7) is 8.72. The quantitative estimate of drug-likeness (QED) is 0.0775. The van der Waals surface area contributed by atoms with Crippen LogP contribution in [-0.2, 0) is 14.3 Å². The summed E-state index contributed by atoms with van der Waals surface area (Å²) >= 11 is 0.967. The molecule has 10 heteroatoms. The number of ketones is 1. The van der Waals surface area contributed by atoms with Crippen LogP contribution in [0.25, 0.3) is 5.76 Å². The molecule has 0 aliphatic carbocycles. The number of esters is 1. The van der Waals surface area contributed by atoms with E-state index in [1.54, 1.807) is 56.3 Å². The van der Waals surface area contributed by atoms with Crippen molar-refractivity contribution >= 4 is 39.9 Å². The van der Waals surface area contributed by atoms with Crippen molar-refractivity contribution in [2.45, 2.75) is 59.4 Å². The number of aliphatic hydroxyl groups is 1. The van der Waals surface area contributed by atoms with Gasteiger partial charge in [-0.2, -0.15) is 0 Å². The van der Waals surface area contributed by atoms with Crippen LogP contribution in [0.2, 0.25) is 0 Å². The first-order valence-electron chi connectivity index (χ1n) is 14.2. The van der Waals surface area contributed by atoms with Crippen molar-refractivity contribution in [3.8, 4) is 11.5 Å². The molecule has 0 saturated carbocycles. The number of unbranched alkanes of at least 4 members (excludes halogenated alkanes) is 2. The summed E-state index contributed by atoms with van der Waals surface area (Å²) in [7, 11) is 0. The van der Waals surface area contributed by atoms with Gasteiger partial charge in [-0.25, -0.2) is 9.78 Å². The second-order valence-electron chi connectivity index (χ2n) is 9.80. The molecule has 1 amide bonds. The van der Waals surface area contributed by atoms with E-state index in [4.69, 9.17) is 14.2 Å². The Kier molecular flexibility index (Phi) is 10.4. The summed E-state index contributed by atoms with van der Waals surface area (Å²) in [4.78, 5) is 45.6. The lowest BCUT2D eigenvalue weighted by molar-refractivity contribution is -0.132. The summed E-state index contributed by atoms with van der Waals surface area (Å²) in [5.41, 5.74) is 1.20. The Labute approximate surface area is 249 Å². The number of anilines is 1. The number of aromatic nitrogens is 1. The van der Waals surface area contributed by atoms with Crippen molar-refractivity contribution in [1.29, 1.82) is 0 Å². The highest BCUT2D eigenvalue weighted by atomic mass is 32.1. The van der Waals surface area contributed by atoms with Crippen LogP contribution in [0.4, 0.5) is 5.13 Å². The number of hydrogen-bond acceptors (Lipinski definition) is 9. The second-order valence-corrected chi connectivity index (χ2v) is 10.8. The first-order valence-corrected chi connectivity index (χ1v) is 15.0. The monoisotopic (exact) mass is 592 g/mol. The Bertz CT molecular complexity index is 1460. The Morgan fingerprint density at radius 2 is 1.71 bits per heavy atom. The van der Waals surface area contributed by atoms with Crippen LogP contribution in [0.1, 0.15) is 79.0 Å². The molecule has 1 aromatic heterocycles. The molecule has 1 aliphatic heterocycles. The van der Waals surface area contributed by atoms with Gasteiger partial charge in [0.1, 0.15) is 22.1 Å². The fourth-order valence-corrected chi connectivity index (χ4v) is 5.60. The number of rotatable bonds is 13. The zero-order chi connectivity index (χ0) is 30.2. The average molecular weight is 593 g/mol. The molecular weight excluding hydrogens is 556 g/mol. The zero-order valence-corrected chi connectivity index (χ0v) is 25.2. The topological polar surface area (TPSA) is 115 Å². The lowest BCUT2D eigenvalue weighted by Gasteiger charge is -2.23. The van der Waals surface area contributed by atoms with E-state index in [0.29, 0.717) is 41.5 Å². The van der Waals surface area contributed by atoms with E-state index in [1.807, 2.05) is 13.0 Å². The highest BCUT2D eigenvalue weighted by molar-refractivity contribution is 7.17. The van der Waals surface area contributed by atoms with E-state index in [1.165, 1.54) is 4.90 Å². The molecule has 0 spiro atoms. The predicted molar refractivity (Wildman–Crippen MR) is 161 cm³/mol. The van der Waals surface area contributed by atoms with Crippen LogP contribution >= 0.6 is 11.3 Å². The number of thiazole rings is 1. The number of ether oxygens (including phenoxy) is 3. The normalized spacial score (nSPS) is 16.1. The van der Waals surface area contributed by atoms with Crippen LogP contribution < -0.4 is 14.4 Å². The minimum Gasteiger partial charge on any atom is -0.507 e. The van der Waals surface area contributed by atoms with Crippen LogP contribution in [0.5, 0.6) is 11.5 Å². The molecule has 2 aromatic carbocycles. The first kappa shape index (κ1) is 30.8. The Balaban J connectivity index is 1.81. The van der Waals surface area contributed by atoms with Gasteiger partial charge in [-0.1, -0.05) is 50.2 Å². The fraction of sp³-hybridized carbons (Fsp3) is 0.375. The molecule has 1 unspecified atom stereocenters. The number of aryl methyl sites for hydroxylation is 1. The SMILES string of the molecule is CCCCCOc1cccc(C2/C(=C(\O)c3ccc(OCCC)cc3)C(=O)C(=O)N2c2nc(C)c(C(=O)OCC)s2)c1. The molecule has 1 saturated heterocycles. The maximum Gasteiger partial charge on any atom is 0.350 e. The molecule has 1 N–H and O–H groups in total. The molecule has 222 valence electrons. The number of amides is 1. The molecule has 1 fully saturated rings. The van der Waals surface area contributed by atoms with Crippen molar-refractivity contribution in [1.82, 2.24) is 4.98 Å². The number of carbonyl (C=O) groups is 3. The lowest BCUT2D eigenvalue weighted by atomic mass is 9.95. The summed E-state index contributed by atoms with van der Waals surface area (Å²) in [5.74, 6) is -1.39. The van der Waals surface area contributed by atoms with Gasteiger partial charge in [0.25, 0.3) is 5.78 Å². The number of aliphatic hydroxyl groups excluding tert-OH is 1. The predicted octanol–water partition coefficient (Wildman–Crippen LogP) is 6.61. The van der Waals surface area contributed by atoms with Gasteiger partial charge in [-0.3, -0.25) is 14.5 Å². The fourth-order valence-electron chi connectivity index (χ4n) is 4.62. The Morgan fingerprint density at radius 1 is 0.976 bits per heavy atom. The molecule has 4 rings (SSSR count). The third-order valence-corrected chi connectivity index (χ3v) is 7.82. The summed E-state index contributed by atoms with van der Waals surface area (Å²) < 4.78 is 16.8. The highest BCUT2D eigenvalue weighted by Crippen LogP contribution is 2.44. The third kappa shape index (κ3) is 6.65. The number of Topliss-reactive ketones (excluding diaryl/α,β-unsaturated/α-hetero) is 1. The largest absolute Gasteiger partial charge is 0.507 e. The number of carbonyl (C=O) groups excluding carboxylic acids is 3. The molecule has 2 heterocycles. The standard InChI is InChI=1S/C32H36N2O7S/c1-5-8-9-18-41-24-12-10-11-22(19-24)26-25(27(35)21-13-15-23(16-14-21)40-17-6-2)28(36)30(37)34(26)32-33-20(4)29(42-32)31(38)39-7-3/h10-16,19,26,35H,5-9,17-18H2,1-4H3/b27-25+. The average Bonchev–Trinajstić information content (AvgIpc) is 3.50. The molecule has 0 bridgehead atoms. The molecular formula is C32H36N2O7S. The van der Waals surface area contributed by atoms with Gasteiger partial charge >= 0.3 is 11.9 Å². The lowest BCUT2D eigenvalue weighted by Crippen LogP contribution is -2.29. The van der Waals surface area contributed by atoms with Crippen LogP contribution in [0.3, 0.4) is 0 Å². The van der Waals surface area contributed by atoms with E-state index in [2.05, 4.69) is 11.9 Å². The minimum absolute atomic E-state index is 0.0871. The van der Waals surface area contributed by atoms with Gasteiger partial charge in [0, 0.05) is 5.56 Å². The minimum atomic E-state index is -1.01. The van der Waals surface area contributed by atoms with Gasteiger partial charge in [0.15, 0.2) is 5.13 Å². The van der Waals surface area contributed by atoms with Gasteiger partial charge < -0.3 is 19.3 Å². The smallest absolute Gasteiger partial charge is 0.350 e. The van der Waals surface area contributed by atoms with Gasteiger partial charge in [0.2, 0.25) is 0 Å². The second kappa shape index (κ2) is 14.1. The maximum atomic E-state index is 13.6. The number of hydrogen-bond donors (Lipinski definition) is 1. The van der Waals surface area contributed by atoms with Gasteiger partial charge in [0.05, 0.1) is 37.1 Å². The van der Waals surface area contributed by atoms with Crippen molar-refractivity contribution in [2.75, 3.05) is 24.7 Å². The molecule has 9 nitrogen and oxygen atoms in total. The molecule has 1 aliphatic rings. The molecule has 0 radical (unpaired) electrons. The van der Waals surface area contributed by atoms with Crippen molar-refractivity contribution in [3.63, 3.8) is 0 Å². The van der Waals surface area contributed by atoms with Crippen molar-refractivity contribution in [2.24, 2.45) is 0 Å². The third-order valence-electron chi connectivity index (χ3n) is 6.69. The molecule has 42 heavy (non-hydrogen) atoms. The van der Waals surface area contributed by atoms with E-state index in [-0.39, 0.29) is 27.9 Å². The van der Waals surface area contributed by atoms with Crippen LogP contribution in [0.15, 0.2) is 54.1 Å². The van der Waals surface area contributed by atoms with E-state index in [9.17, 15) is 19.5 Å². The van der Waals surface area contributed by atoms with Crippen molar-refractivity contribution < 1.29 is 33.7 Å². The highest BCUT2D eigenvalue weighted by Gasteiger charge is 2.48. The summed E-state index contributed by atoms with van der Waals surface area (Å²) in [5, 5.41) is 11.6. The van der Waals surface area contributed by atoms with Crippen molar-refractivity contribution in [3.05, 3.63) is 75.8 Å². The molecule has 3 aromatic rings. The number of benzene rings is 2. The maximum absolute atomic E-state index is 13.6. The van der Waals surface area contributed by atoms with Gasteiger partial charge in [-0.05, 0) is 68.7 Å². The molecule has 1 atom stereocenters. The summed E-state index contributed by atoms with van der Waals surface area (Å²) in [6.07, 6.45) is 3.84. The van der Waals surface area contributed by atoms with E-state index >= 15 is 0 Å². The van der Waals surface area contributed by atoms with Crippen LogP contribution in [-0.4, -0.2) is 47.6 Å². The Hall–Kier alpha value is -4.18. The first-order chi connectivity index (χ1) is 20.3. The zero-order valence-electron chi connectivity index (χ0n) is 24.3. The number of nitrogens with zero attached hydrogens (tertiary/aromatic N) is 2. The Morgan fingerprint density at radius 3 is 2.40 bits per heavy atom.